The maximum Gasteiger partial charge on any atom is 0.256 e. The van der Waals surface area contributed by atoms with Crippen LogP contribution in [-0.4, -0.2) is 35.3 Å². The molecule has 4 rings (SSSR count). The molecule has 2 heterocycles. The van der Waals surface area contributed by atoms with Crippen LogP contribution in [0.4, 0.5) is 5.69 Å². The van der Waals surface area contributed by atoms with E-state index in [0.29, 0.717) is 45.1 Å². The fraction of sp³-hybridized carbons (Fsp3) is 0.125. The SMILES string of the molecule is COc1ccc(C(O)C#Cc2cccc3c2/C(=C/c2[nH]ccc2OC)C(=O)N3)cc1O. The summed E-state index contributed by atoms with van der Waals surface area (Å²) < 4.78 is 10.3. The van der Waals surface area contributed by atoms with E-state index >= 15 is 0 Å². The van der Waals surface area contributed by atoms with Gasteiger partial charge in [0.1, 0.15) is 11.9 Å². The number of aromatic hydroxyl groups is 1. The molecule has 1 aromatic heterocycles. The van der Waals surface area contributed by atoms with E-state index in [1.165, 1.54) is 13.2 Å². The normalized spacial score (nSPS) is 14.4. The number of anilines is 1. The second-order valence-electron chi connectivity index (χ2n) is 6.80. The Hall–Kier alpha value is -4.15. The third-order valence-electron chi connectivity index (χ3n) is 4.94. The molecule has 0 saturated carbocycles. The number of aromatic nitrogens is 1. The zero-order valence-corrected chi connectivity index (χ0v) is 16.9. The molecule has 7 heteroatoms. The summed E-state index contributed by atoms with van der Waals surface area (Å²) in [6.45, 7) is 0. The quantitative estimate of drug-likeness (QED) is 0.386. The highest BCUT2D eigenvalue weighted by Gasteiger charge is 2.27. The first-order chi connectivity index (χ1) is 15.0. The third-order valence-corrected chi connectivity index (χ3v) is 4.94. The van der Waals surface area contributed by atoms with Crippen molar-refractivity contribution in [2.24, 2.45) is 0 Å². The molecule has 0 radical (unpaired) electrons. The summed E-state index contributed by atoms with van der Waals surface area (Å²) in [5.41, 5.74) is 3.42. The molecule has 1 aliphatic rings. The topological polar surface area (TPSA) is 104 Å². The molecule has 1 atom stereocenters. The summed E-state index contributed by atoms with van der Waals surface area (Å²) in [5.74, 6) is 6.34. The van der Waals surface area contributed by atoms with Crippen molar-refractivity contribution in [2.45, 2.75) is 6.10 Å². The Bertz CT molecular complexity index is 1250. The number of aromatic amines is 1. The highest BCUT2D eigenvalue weighted by molar-refractivity contribution is 6.35. The van der Waals surface area contributed by atoms with Gasteiger partial charge in [-0.25, -0.2) is 0 Å². The molecule has 3 aromatic rings. The molecule has 0 spiro atoms. The van der Waals surface area contributed by atoms with Crippen molar-refractivity contribution in [3.63, 3.8) is 0 Å². The van der Waals surface area contributed by atoms with Gasteiger partial charge < -0.3 is 30.0 Å². The van der Waals surface area contributed by atoms with E-state index in [2.05, 4.69) is 22.1 Å². The number of benzene rings is 2. The van der Waals surface area contributed by atoms with E-state index in [1.807, 2.05) is 0 Å². The van der Waals surface area contributed by atoms with E-state index in [1.54, 1.807) is 55.8 Å². The van der Waals surface area contributed by atoms with Gasteiger partial charge in [0.05, 0.1) is 31.2 Å². The van der Waals surface area contributed by atoms with Crippen LogP contribution in [0.1, 0.15) is 28.5 Å². The summed E-state index contributed by atoms with van der Waals surface area (Å²) in [4.78, 5) is 15.6. The van der Waals surface area contributed by atoms with Crippen LogP contribution in [0, 0.1) is 11.8 Å². The fourth-order valence-electron chi connectivity index (χ4n) is 3.40. The number of phenolic OH excluding ortho intramolecular Hbond substituents is 1. The minimum Gasteiger partial charge on any atom is -0.504 e. The second-order valence-corrected chi connectivity index (χ2v) is 6.80. The number of nitrogens with one attached hydrogen (secondary N) is 2. The van der Waals surface area contributed by atoms with Crippen molar-refractivity contribution in [3.05, 3.63) is 71.0 Å². The number of H-pyrrole nitrogens is 1. The largest absolute Gasteiger partial charge is 0.504 e. The zero-order valence-electron chi connectivity index (χ0n) is 16.9. The molecule has 0 bridgehead atoms. The first-order valence-corrected chi connectivity index (χ1v) is 9.46. The maximum atomic E-state index is 12.6. The van der Waals surface area contributed by atoms with Gasteiger partial charge in [0.25, 0.3) is 5.91 Å². The van der Waals surface area contributed by atoms with Crippen LogP contribution in [0.5, 0.6) is 17.2 Å². The number of amides is 1. The summed E-state index contributed by atoms with van der Waals surface area (Å²) in [7, 11) is 3.01. The maximum absolute atomic E-state index is 12.6. The summed E-state index contributed by atoms with van der Waals surface area (Å²) in [6, 6.07) is 11.7. The minimum absolute atomic E-state index is 0.0821. The van der Waals surface area contributed by atoms with E-state index in [0.717, 1.165) is 0 Å². The number of ether oxygens (including phenoxy) is 2. The standard InChI is InChI=1S/C24H20N2O5/c1-30-21-10-11-25-18(21)13-16-23-14(4-3-5-17(23)26-24(16)29)6-8-19(27)15-7-9-22(31-2)20(28)12-15/h3-5,7,9-13,19,25,27-28H,1-2H3,(H,26,29)/b16-13-. The monoisotopic (exact) mass is 416 g/mol. The number of rotatable bonds is 4. The Balaban J connectivity index is 1.71. The first-order valence-electron chi connectivity index (χ1n) is 9.46. The van der Waals surface area contributed by atoms with E-state index < -0.39 is 6.10 Å². The number of carbonyl (C=O) groups excluding carboxylic acids is 1. The van der Waals surface area contributed by atoms with Gasteiger partial charge in [0.15, 0.2) is 11.5 Å². The van der Waals surface area contributed by atoms with Gasteiger partial charge >= 0.3 is 0 Å². The van der Waals surface area contributed by atoms with Crippen LogP contribution in [0.25, 0.3) is 11.6 Å². The second kappa shape index (κ2) is 8.30. The lowest BCUT2D eigenvalue weighted by Crippen LogP contribution is -2.03. The highest BCUT2D eigenvalue weighted by Crippen LogP contribution is 2.36. The fourth-order valence-corrected chi connectivity index (χ4v) is 3.40. The number of aliphatic hydroxyl groups excluding tert-OH is 1. The third kappa shape index (κ3) is 3.84. The van der Waals surface area contributed by atoms with Gasteiger partial charge in [-0.2, -0.15) is 0 Å². The lowest BCUT2D eigenvalue weighted by Gasteiger charge is -2.08. The molecule has 1 aliphatic heterocycles. The van der Waals surface area contributed by atoms with Crippen LogP contribution < -0.4 is 14.8 Å². The lowest BCUT2D eigenvalue weighted by molar-refractivity contribution is -0.110. The number of carbonyl (C=O) groups is 1. The molecule has 0 fully saturated rings. The molecule has 4 N–H and O–H groups in total. The summed E-state index contributed by atoms with van der Waals surface area (Å²) >= 11 is 0. The van der Waals surface area contributed by atoms with Gasteiger partial charge in [-0.3, -0.25) is 4.79 Å². The predicted octanol–water partition coefficient (Wildman–Crippen LogP) is 3.32. The summed E-state index contributed by atoms with van der Waals surface area (Å²) in [6.07, 6.45) is 2.31. The lowest BCUT2D eigenvalue weighted by atomic mass is 9.99. The van der Waals surface area contributed by atoms with Crippen LogP contribution in [0.2, 0.25) is 0 Å². The average Bonchev–Trinajstić information content (AvgIpc) is 3.36. The number of hydrogen-bond donors (Lipinski definition) is 4. The van der Waals surface area contributed by atoms with Crippen LogP contribution in [-0.2, 0) is 4.79 Å². The molecule has 156 valence electrons. The van der Waals surface area contributed by atoms with Gasteiger partial charge in [-0.05, 0) is 42.0 Å². The first kappa shape index (κ1) is 20.1. The van der Waals surface area contributed by atoms with Gasteiger partial charge in [-0.15, -0.1) is 0 Å². The Morgan fingerprint density at radius 3 is 2.65 bits per heavy atom. The molecule has 1 amide bonds. The van der Waals surface area contributed by atoms with Crippen molar-refractivity contribution in [1.82, 2.24) is 4.98 Å². The molecular formula is C24H20N2O5. The van der Waals surface area contributed by atoms with Crippen molar-refractivity contribution in [2.75, 3.05) is 19.5 Å². The Kier molecular flexibility index (Phi) is 5.39. The number of phenols is 1. The molecule has 1 unspecified atom stereocenters. The molecule has 0 aliphatic carbocycles. The average molecular weight is 416 g/mol. The highest BCUT2D eigenvalue weighted by atomic mass is 16.5. The van der Waals surface area contributed by atoms with Crippen molar-refractivity contribution in [1.29, 1.82) is 0 Å². The van der Waals surface area contributed by atoms with Gasteiger partial charge in [0.2, 0.25) is 0 Å². The smallest absolute Gasteiger partial charge is 0.256 e. The number of fused-ring (bicyclic) bond motifs is 1. The number of aliphatic hydroxyl groups is 1. The molecular weight excluding hydrogens is 396 g/mol. The molecule has 2 aromatic carbocycles. The van der Waals surface area contributed by atoms with E-state index in [9.17, 15) is 15.0 Å². The summed E-state index contributed by atoms with van der Waals surface area (Å²) in [5, 5.41) is 23.2. The number of hydrogen-bond acceptors (Lipinski definition) is 5. The van der Waals surface area contributed by atoms with Crippen LogP contribution >= 0.6 is 0 Å². The number of methoxy groups -OCH3 is 2. The Morgan fingerprint density at radius 1 is 1.10 bits per heavy atom. The van der Waals surface area contributed by atoms with Crippen LogP contribution in [0.3, 0.4) is 0 Å². The predicted molar refractivity (Wildman–Crippen MR) is 117 cm³/mol. The molecule has 31 heavy (non-hydrogen) atoms. The van der Waals surface area contributed by atoms with Gasteiger partial charge in [0, 0.05) is 17.3 Å². The zero-order chi connectivity index (χ0) is 22.0. The van der Waals surface area contributed by atoms with Crippen molar-refractivity contribution >= 4 is 23.2 Å². The Labute approximate surface area is 179 Å². The Morgan fingerprint density at radius 2 is 1.90 bits per heavy atom. The molecule has 7 nitrogen and oxygen atoms in total. The van der Waals surface area contributed by atoms with Crippen molar-refractivity contribution in [3.8, 4) is 29.1 Å². The van der Waals surface area contributed by atoms with E-state index in [-0.39, 0.29) is 11.7 Å². The van der Waals surface area contributed by atoms with Crippen LogP contribution in [0.15, 0.2) is 48.7 Å². The minimum atomic E-state index is -1.13. The van der Waals surface area contributed by atoms with E-state index in [4.69, 9.17) is 9.47 Å². The van der Waals surface area contributed by atoms with Gasteiger partial charge in [-0.1, -0.05) is 24.0 Å². The van der Waals surface area contributed by atoms with Crippen molar-refractivity contribution < 1.29 is 24.5 Å². The molecule has 0 saturated heterocycles.